The van der Waals surface area contributed by atoms with Crippen molar-refractivity contribution < 1.29 is 15.0 Å². The Labute approximate surface area is 106 Å². The van der Waals surface area contributed by atoms with Crippen molar-refractivity contribution in [3.8, 4) is 0 Å². The number of aliphatic hydroxyl groups excluding tert-OH is 2. The minimum atomic E-state index is -1.25. The first kappa shape index (κ1) is 13.4. The van der Waals surface area contributed by atoms with Crippen molar-refractivity contribution in [3.63, 3.8) is 0 Å². The Morgan fingerprint density at radius 1 is 1.50 bits per heavy atom. The Morgan fingerprint density at radius 3 is 2.62 bits per heavy atom. The van der Waals surface area contributed by atoms with E-state index in [0.717, 1.165) is 4.47 Å². The molecule has 1 aromatic carbocycles. The molecule has 0 saturated carbocycles. The van der Waals surface area contributed by atoms with Gasteiger partial charge in [0.15, 0.2) is 0 Å². The van der Waals surface area contributed by atoms with Crippen molar-refractivity contribution in [2.45, 2.75) is 18.6 Å². The van der Waals surface area contributed by atoms with Crippen molar-refractivity contribution in [1.29, 1.82) is 0 Å². The molecule has 0 heterocycles. The molecule has 1 rings (SSSR count). The fraction of sp³-hybridized carbons (Fsp3) is 0.300. The van der Waals surface area contributed by atoms with E-state index in [-0.39, 0.29) is 6.42 Å². The lowest BCUT2D eigenvalue weighted by Gasteiger charge is -2.18. The third-order valence-electron chi connectivity index (χ3n) is 2.06. The lowest BCUT2D eigenvalue weighted by molar-refractivity contribution is -0.121. The average molecular weight is 309 g/mol. The Balaban J connectivity index is 2.87. The fourth-order valence-corrected chi connectivity index (χ4v) is 2.05. The second kappa shape index (κ2) is 5.63. The smallest absolute Gasteiger partial charge is 0.220 e. The van der Waals surface area contributed by atoms with Crippen LogP contribution in [0, 0.1) is 0 Å². The zero-order valence-electron chi connectivity index (χ0n) is 8.23. The number of primary amides is 1. The summed E-state index contributed by atoms with van der Waals surface area (Å²) >= 11 is 9.11. The summed E-state index contributed by atoms with van der Waals surface area (Å²) in [6, 6.07) is 4.85. The highest BCUT2D eigenvalue weighted by atomic mass is 79.9. The fourth-order valence-electron chi connectivity index (χ4n) is 1.27. The second-order valence-corrected chi connectivity index (χ2v) is 4.67. The molecule has 0 aromatic heterocycles. The summed E-state index contributed by atoms with van der Waals surface area (Å²) < 4.78 is 0.762. The normalized spacial score (nSPS) is 14.5. The molecule has 4 N–H and O–H groups in total. The maximum absolute atomic E-state index is 10.6. The molecule has 0 aliphatic carbocycles. The van der Waals surface area contributed by atoms with Crippen LogP contribution in [0.15, 0.2) is 22.7 Å². The second-order valence-electron chi connectivity index (χ2n) is 3.35. The van der Waals surface area contributed by atoms with Gasteiger partial charge in [0.05, 0.1) is 12.5 Å². The van der Waals surface area contributed by atoms with Crippen LogP contribution < -0.4 is 5.73 Å². The molecule has 0 bridgehead atoms. The van der Waals surface area contributed by atoms with E-state index < -0.39 is 18.1 Å². The number of nitrogens with two attached hydrogens (primary N) is 1. The molecule has 0 aliphatic rings. The lowest BCUT2D eigenvalue weighted by atomic mass is 10.0. The van der Waals surface area contributed by atoms with E-state index in [1.54, 1.807) is 18.2 Å². The summed E-state index contributed by atoms with van der Waals surface area (Å²) in [5, 5.41) is 19.6. The summed E-state index contributed by atoms with van der Waals surface area (Å²) in [6.45, 7) is 0. The summed E-state index contributed by atoms with van der Waals surface area (Å²) in [4.78, 5) is 10.6. The van der Waals surface area contributed by atoms with Gasteiger partial charge < -0.3 is 15.9 Å². The molecule has 88 valence electrons. The number of aliphatic hydroxyl groups is 2. The van der Waals surface area contributed by atoms with Crippen LogP contribution in [-0.4, -0.2) is 22.2 Å². The molecule has 2 atom stereocenters. The van der Waals surface area contributed by atoms with E-state index in [4.69, 9.17) is 17.3 Å². The van der Waals surface area contributed by atoms with Crippen LogP contribution in [0.3, 0.4) is 0 Å². The van der Waals surface area contributed by atoms with Gasteiger partial charge in [0.2, 0.25) is 5.91 Å². The van der Waals surface area contributed by atoms with E-state index in [9.17, 15) is 15.0 Å². The highest BCUT2D eigenvalue weighted by Crippen LogP contribution is 2.28. The van der Waals surface area contributed by atoms with Crippen LogP contribution in [0.1, 0.15) is 18.1 Å². The zero-order chi connectivity index (χ0) is 12.3. The van der Waals surface area contributed by atoms with Crippen molar-refractivity contribution in [2.24, 2.45) is 5.73 Å². The number of carbonyl (C=O) groups excluding carboxylic acids is 1. The van der Waals surface area contributed by atoms with E-state index >= 15 is 0 Å². The predicted octanol–water partition coefficient (Wildman–Crippen LogP) is 1.37. The van der Waals surface area contributed by atoms with Crippen LogP contribution >= 0.6 is 27.5 Å². The summed E-state index contributed by atoms with van der Waals surface area (Å²) in [5.41, 5.74) is 5.28. The highest BCUT2D eigenvalue weighted by Gasteiger charge is 2.22. The summed E-state index contributed by atoms with van der Waals surface area (Å²) in [7, 11) is 0. The molecule has 1 amide bonds. The summed E-state index contributed by atoms with van der Waals surface area (Å²) in [5.74, 6) is -0.681. The number of carbonyl (C=O) groups is 1. The molecule has 16 heavy (non-hydrogen) atoms. The third-order valence-corrected chi connectivity index (χ3v) is 2.88. The van der Waals surface area contributed by atoms with Gasteiger partial charge >= 0.3 is 0 Å². The van der Waals surface area contributed by atoms with E-state index in [1.807, 2.05) is 0 Å². The number of benzene rings is 1. The molecule has 0 aliphatic heterocycles. The van der Waals surface area contributed by atoms with Crippen LogP contribution in [0.5, 0.6) is 0 Å². The Hall–Kier alpha value is -0.620. The van der Waals surface area contributed by atoms with Crippen LogP contribution in [0.25, 0.3) is 0 Å². The maximum Gasteiger partial charge on any atom is 0.220 e. The van der Waals surface area contributed by atoms with Crippen LogP contribution in [0.4, 0.5) is 0 Å². The number of hydrogen-bond donors (Lipinski definition) is 3. The van der Waals surface area contributed by atoms with Crippen molar-refractivity contribution in [1.82, 2.24) is 0 Å². The quantitative estimate of drug-likeness (QED) is 0.785. The van der Waals surface area contributed by atoms with Gasteiger partial charge in [-0.15, -0.1) is 0 Å². The van der Waals surface area contributed by atoms with E-state index in [0.29, 0.717) is 10.6 Å². The minimum absolute atomic E-state index is 0.311. The third kappa shape index (κ3) is 3.45. The van der Waals surface area contributed by atoms with Crippen molar-refractivity contribution in [3.05, 3.63) is 33.3 Å². The van der Waals surface area contributed by atoms with Gasteiger partial charge in [-0.1, -0.05) is 33.6 Å². The van der Waals surface area contributed by atoms with E-state index in [1.165, 1.54) is 0 Å². The monoisotopic (exact) mass is 307 g/mol. The molecule has 0 saturated heterocycles. The predicted molar refractivity (Wildman–Crippen MR) is 63.9 cm³/mol. The van der Waals surface area contributed by atoms with Crippen LogP contribution in [-0.2, 0) is 4.79 Å². The van der Waals surface area contributed by atoms with Gasteiger partial charge in [-0.05, 0) is 12.1 Å². The number of amides is 1. The van der Waals surface area contributed by atoms with Gasteiger partial charge in [0, 0.05) is 15.1 Å². The molecular weight excluding hydrogens is 297 g/mol. The summed E-state index contributed by atoms with van der Waals surface area (Å²) in [6.07, 6.45) is -2.79. The largest absolute Gasteiger partial charge is 0.390 e. The standard InChI is InChI=1S/C10H11BrClNO3/c11-5-1-2-6(7(12)3-5)10(16)8(14)4-9(13)15/h1-3,8,10,14,16H,4H2,(H2,13,15). The van der Waals surface area contributed by atoms with Crippen molar-refractivity contribution in [2.75, 3.05) is 0 Å². The Morgan fingerprint density at radius 2 is 2.12 bits per heavy atom. The molecular formula is C10H11BrClNO3. The SMILES string of the molecule is NC(=O)CC(O)C(O)c1ccc(Br)cc1Cl. The first-order valence-corrected chi connectivity index (χ1v) is 5.68. The van der Waals surface area contributed by atoms with Crippen LogP contribution in [0.2, 0.25) is 5.02 Å². The molecule has 0 radical (unpaired) electrons. The van der Waals surface area contributed by atoms with Gasteiger partial charge in [-0.3, -0.25) is 4.79 Å². The molecule has 6 heteroatoms. The van der Waals surface area contributed by atoms with Gasteiger partial charge in [-0.2, -0.15) is 0 Å². The molecule has 2 unspecified atom stereocenters. The van der Waals surface area contributed by atoms with E-state index in [2.05, 4.69) is 15.9 Å². The topological polar surface area (TPSA) is 83.6 Å². The van der Waals surface area contributed by atoms with Gasteiger partial charge in [0.1, 0.15) is 6.10 Å². The number of halogens is 2. The van der Waals surface area contributed by atoms with Crippen molar-refractivity contribution >= 4 is 33.4 Å². The zero-order valence-corrected chi connectivity index (χ0v) is 10.6. The highest BCUT2D eigenvalue weighted by molar-refractivity contribution is 9.10. The lowest BCUT2D eigenvalue weighted by Crippen LogP contribution is -2.25. The van der Waals surface area contributed by atoms with Gasteiger partial charge in [-0.25, -0.2) is 0 Å². The molecule has 1 aromatic rings. The molecule has 0 spiro atoms. The minimum Gasteiger partial charge on any atom is -0.390 e. The number of hydrogen-bond acceptors (Lipinski definition) is 3. The average Bonchev–Trinajstić information content (AvgIpc) is 2.15. The Kier molecular flexibility index (Phi) is 4.73. The first-order chi connectivity index (χ1) is 7.41. The molecule has 0 fully saturated rings. The Bertz CT molecular complexity index is 400. The van der Waals surface area contributed by atoms with Gasteiger partial charge in [0.25, 0.3) is 0 Å². The number of rotatable bonds is 4. The molecule has 4 nitrogen and oxygen atoms in total. The maximum atomic E-state index is 10.6. The first-order valence-electron chi connectivity index (χ1n) is 4.51.